The third-order valence-electron chi connectivity index (χ3n) is 7.74. The molecule has 5 rings (SSSR count). The zero-order chi connectivity index (χ0) is 28.8. The fourth-order valence-corrected chi connectivity index (χ4v) is 5.51. The molecule has 0 radical (unpaired) electrons. The average molecular weight is 562 g/mol. The van der Waals surface area contributed by atoms with Crippen LogP contribution in [-0.4, -0.2) is 78.7 Å². The second kappa shape index (κ2) is 13.0. The molecule has 3 heterocycles. The third kappa shape index (κ3) is 6.42. The second-order valence-corrected chi connectivity index (χ2v) is 10.6. The number of methoxy groups -OCH3 is 1. The van der Waals surface area contributed by atoms with E-state index >= 15 is 0 Å². The summed E-state index contributed by atoms with van der Waals surface area (Å²) in [6.45, 7) is 5.78. The van der Waals surface area contributed by atoms with Crippen LogP contribution in [0.4, 0.5) is 10.5 Å². The quantitative estimate of drug-likeness (QED) is 0.357. The van der Waals surface area contributed by atoms with Gasteiger partial charge in [0.15, 0.2) is 11.5 Å². The first-order valence-electron chi connectivity index (χ1n) is 14.5. The van der Waals surface area contributed by atoms with Crippen LogP contribution in [0.15, 0.2) is 48.7 Å². The van der Waals surface area contributed by atoms with Gasteiger partial charge in [-0.25, -0.2) is 4.79 Å². The number of amides is 4. The second-order valence-electron chi connectivity index (χ2n) is 10.6. The van der Waals surface area contributed by atoms with Crippen molar-refractivity contribution in [1.82, 2.24) is 19.7 Å². The number of hydrogen-bond acceptors (Lipinski definition) is 5. The molecule has 4 amide bonds. The van der Waals surface area contributed by atoms with E-state index in [1.54, 1.807) is 16.9 Å². The Bertz CT molecular complexity index is 1400. The molecule has 0 aliphatic carbocycles. The Morgan fingerprint density at radius 3 is 2.71 bits per heavy atom. The Morgan fingerprint density at radius 2 is 1.90 bits per heavy atom. The summed E-state index contributed by atoms with van der Waals surface area (Å²) >= 11 is 0. The molecular weight excluding hydrogens is 522 g/mol. The lowest BCUT2D eigenvalue weighted by Crippen LogP contribution is -2.50. The number of fused-ring (bicyclic) bond motifs is 1. The number of anilines is 1. The van der Waals surface area contributed by atoms with Crippen molar-refractivity contribution in [3.05, 3.63) is 54.2 Å². The van der Waals surface area contributed by atoms with E-state index in [9.17, 15) is 14.4 Å². The number of urea groups is 1. The third-order valence-corrected chi connectivity index (χ3v) is 7.74. The van der Waals surface area contributed by atoms with Crippen LogP contribution in [0, 0.1) is 0 Å². The number of piperazine rings is 1. The van der Waals surface area contributed by atoms with Crippen LogP contribution < -0.4 is 19.7 Å². The zero-order valence-electron chi connectivity index (χ0n) is 23.9. The molecule has 0 atom stereocenters. The Labute approximate surface area is 240 Å². The summed E-state index contributed by atoms with van der Waals surface area (Å²) in [5.74, 6) is 1.09. The smallest absolute Gasteiger partial charge is 0.324 e. The lowest BCUT2D eigenvalue weighted by atomic mass is 10.1. The van der Waals surface area contributed by atoms with E-state index in [1.165, 1.54) is 0 Å². The monoisotopic (exact) mass is 561 g/mol. The maximum atomic E-state index is 13.7. The molecule has 1 aromatic heterocycles. The number of benzene rings is 2. The highest BCUT2D eigenvalue weighted by atomic mass is 16.5. The van der Waals surface area contributed by atoms with Crippen LogP contribution in [0.1, 0.15) is 38.2 Å². The van der Waals surface area contributed by atoms with Gasteiger partial charge in [0, 0.05) is 61.6 Å². The van der Waals surface area contributed by atoms with Gasteiger partial charge < -0.3 is 29.2 Å². The lowest BCUT2D eigenvalue weighted by Gasteiger charge is -2.36. The van der Waals surface area contributed by atoms with Crippen molar-refractivity contribution in [2.75, 3.05) is 51.3 Å². The minimum absolute atomic E-state index is 0.0478. The number of carbonyl (C=O) groups is 3. The topological polar surface area (TPSA) is 96.4 Å². The van der Waals surface area contributed by atoms with Gasteiger partial charge in [0.25, 0.3) is 0 Å². The van der Waals surface area contributed by atoms with Gasteiger partial charge in [-0.15, -0.1) is 0 Å². The van der Waals surface area contributed by atoms with E-state index in [0.717, 1.165) is 47.8 Å². The number of ether oxygens (including phenoxy) is 2. The molecule has 2 aliphatic rings. The Morgan fingerprint density at radius 1 is 1.02 bits per heavy atom. The maximum absolute atomic E-state index is 13.7. The normalized spacial score (nSPS) is 15.8. The molecule has 3 aromatic rings. The van der Waals surface area contributed by atoms with E-state index in [0.29, 0.717) is 50.8 Å². The molecule has 41 heavy (non-hydrogen) atoms. The highest BCUT2D eigenvalue weighted by molar-refractivity contribution is 5.94. The summed E-state index contributed by atoms with van der Waals surface area (Å²) in [6.07, 6.45) is 5.94. The van der Waals surface area contributed by atoms with E-state index in [2.05, 4.69) is 12.2 Å². The number of rotatable bonds is 11. The van der Waals surface area contributed by atoms with Crippen LogP contribution in [0.5, 0.6) is 11.5 Å². The first-order chi connectivity index (χ1) is 20.0. The zero-order valence-corrected chi connectivity index (χ0v) is 23.9. The number of aromatic nitrogens is 1. The number of nitrogens with zero attached hydrogens (tertiary/aromatic N) is 4. The molecule has 218 valence electrons. The molecule has 2 aliphatic heterocycles. The minimum atomic E-state index is -0.130. The summed E-state index contributed by atoms with van der Waals surface area (Å²) in [7, 11) is 1.62. The molecule has 2 fully saturated rings. The van der Waals surface area contributed by atoms with E-state index < -0.39 is 0 Å². The van der Waals surface area contributed by atoms with Crippen LogP contribution >= 0.6 is 0 Å². The van der Waals surface area contributed by atoms with Crippen molar-refractivity contribution in [2.24, 2.45) is 0 Å². The summed E-state index contributed by atoms with van der Waals surface area (Å²) < 4.78 is 13.4. The summed E-state index contributed by atoms with van der Waals surface area (Å²) in [5, 5.41) is 3.76. The fraction of sp³-hybridized carbons (Fsp3) is 0.452. The first kappa shape index (κ1) is 28.3. The summed E-state index contributed by atoms with van der Waals surface area (Å²) in [4.78, 5) is 43.5. The van der Waals surface area contributed by atoms with Crippen molar-refractivity contribution >= 4 is 34.4 Å². The fourth-order valence-electron chi connectivity index (χ4n) is 5.51. The number of carbonyl (C=O) groups excluding carboxylic acids is 3. The molecule has 0 unspecified atom stereocenters. The van der Waals surface area contributed by atoms with Crippen molar-refractivity contribution < 1.29 is 23.9 Å². The highest BCUT2D eigenvalue weighted by Crippen LogP contribution is 2.34. The molecule has 2 saturated heterocycles. The molecule has 0 bridgehead atoms. The average Bonchev–Trinajstić information content (AvgIpc) is 3.40. The molecular formula is C31H39N5O5. The van der Waals surface area contributed by atoms with Crippen molar-refractivity contribution in [1.29, 1.82) is 0 Å². The van der Waals surface area contributed by atoms with Gasteiger partial charge in [-0.2, -0.15) is 0 Å². The van der Waals surface area contributed by atoms with Crippen LogP contribution in [0.2, 0.25) is 0 Å². The van der Waals surface area contributed by atoms with Gasteiger partial charge in [-0.05, 0) is 42.7 Å². The number of hydrogen-bond donors (Lipinski definition) is 1. The van der Waals surface area contributed by atoms with Crippen LogP contribution in [0.3, 0.4) is 0 Å². The lowest BCUT2D eigenvalue weighted by molar-refractivity contribution is -0.138. The minimum Gasteiger partial charge on any atom is -0.493 e. The Balaban J connectivity index is 1.29. The largest absolute Gasteiger partial charge is 0.493 e. The molecule has 10 nitrogen and oxygen atoms in total. The Hall–Kier alpha value is -4.21. The van der Waals surface area contributed by atoms with Crippen molar-refractivity contribution in [3.63, 3.8) is 0 Å². The van der Waals surface area contributed by atoms with Gasteiger partial charge in [-0.1, -0.05) is 31.9 Å². The summed E-state index contributed by atoms with van der Waals surface area (Å²) in [5.41, 5.74) is 2.75. The number of unbranched alkanes of at least 4 members (excludes halogenated alkanes) is 2. The molecule has 1 N–H and O–H groups in total. The standard InChI is InChI=1S/C31H39N5O5/c1-3-4-5-18-41-28-19-24(10-11-27(28)40-2)36-15-7-14-35(31(36)39)20-23-8-6-9-26-25(23)12-16-33(26)22-30(38)34-17-13-32-29(37)21-34/h6,8-12,16,19H,3-5,7,13-15,17-18,20-22H2,1-2H3,(H,32,37). The molecule has 0 spiro atoms. The molecule has 2 aromatic carbocycles. The summed E-state index contributed by atoms with van der Waals surface area (Å²) in [6, 6.07) is 13.6. The Kier molecular flexibility index (Phi) is 8.96. The van der Waals surface area contributed by atoms with Gasteiger partial charge in [-0.3, -0.25) is 14.5 Å². The predicted octanol–water partition coefficient (Wildman–Crippen LogP) is 4.01. The first-order valence-corrected chi connectivity index (χ1v) is 14.5. The maximum Gasteiger partial charge on any atom is 0.324 e. The van der Waals surface area contributed by atoms with Crippen molar-refractivity contribution in [2.45, 2.75) is 45.7 Å². The van der Waals surface area contributed by atoms with Crippen molar-refractivity contribution in [3.8, 4) is 11.5 Å². The van der Waals surface area contributed by atoms with Gasteiger partial charge in [0.2, 0.25) is 11.8 Å². The highest BCUT2D eigenvalue weighted by Gasteiger charge is 2.28. The van der Waals surface area contributed by atoms with Gasteiger partial charge in [0.05, 0.1) is 20.3 Å². The van der Waals surface area contributed by atoms with Crippen LogP contribution in [-0.2, 0) is 22.7 Å². The SMILES string of the molecule is CCCCCOc1cc(N2CCCN(Cc3cccc4c3ccn4CC(=O)N3CCNC(=O)C3)C2=O)ccc1OC. The van der Waals surface area contributed by atoms with E-state index in [1.807, 2.05) is 58.1 Å². The van der Waals surface area contributed by atoms with E-state index in [4.69, 9.17) is 9.47 Å². The van der Waals surface area contributed by atoms with Gasteiger partial charge >= 0.3 is 6.03 Å². The molecule has 10 heteroatoms. The van der Waals surface area contributed by atoms with E-state index in [-0.39, 0.29) is 30.9 Å². The predicted molar refractivity (Wildman–Crippen MR) is 157 cm³/mol. The van der Waals surface area contributed by atoms with Crippen LogP contribution in [0.25, 0.3) is 10.9 Å². The number of nitrogens with one attached hydrogen (secondary N) is 1. The van der Waals surface area contributed by atoms with Gasteiger partial charge in [0.1, 0.15) is 6.54 Å². The molecule has 0 saturated carbocycles.